The third-order valence-corrected chi connectivity index (χ3v) is 4.73. The van der Waals surface area contributed by atoms with Gasteiger partial charge in [-0.05, 0) is 25.2 Å². The van der Waals surface area contributed by atoms with Crippen LogP contribution < -0.4 is 0 Å². The number of aromatic nitrogens is 4. The van der Waals surface area contributed by atoms with Crippen LogP contribution in [0.4, 0.5) is 0 Å². The molecule has 0 spiro atoms. The number of aromatic amines is 1. The maximum absolute atomic E-state index is 4.70. The quantitative estimate of drug-likeness (QED) is 0.799. The number of rotatable bonds is 1. The van der Waals surface area contributed by atoms with Crippen molar-refractivity contribution in [2.24, 2.45) is 0 Å². The molecule has 5 heteroatoms. The summed E-state index contributed by atoms with van der Waals surface area (Å²) in [4.78, 5) is 10.4. The van der Waals surface area contributed by atoms with E-state index in [1.807, 2.05) is 0 Å². The second kappa shape index (κ2) is 2.66. The third kappa shape index (κ3) is 0.985. The minimum absolute atomic E-state index is 0.734. The predicted octanol–water partition coefficient (Wildman–Crippen LogP) is 2.29. The number of hydrogen-bond acceptors (Lipinski definition) is 4. The van der Waals surface area contributed by atoms with E-state index in [4.69, 9.17) is 4.98 Å². The fourth-order valence-corrected chi connectivity index (χ4v) is 4.05. The van der Waals surface area contributed by atoms with E-state index in [2.05, 4.69) is 15.2 Å². The van der Waals surface area contributed by atoms with E-state index in [9.17, 15) is 0 Å². The fraction of sp³-hybridized carbons (Fsp3) is 0.500. The normalized spacial score (nSPS) is 27.2. The summed E-state index contributed by atoms with van der Waals surface area (Å²) in [5, 5.41) is 7.75. The Morgan fingerprint density at radius 2 is 2.27 bits per heavy atom. The van der Waals surface area contributed by atoms with Crippen LogP contribution in [0.1, 0.15) is 41.7 Å². The van der Waals surface area contributed by atoms with E-state index >= 15 is 0 Å². The van der Waals surface area contributed by atoms with Gasteiger partial charge < -0.3 is 0 Å². The van der Waals surface area contributed by atoms with Crippen LogP contribution in [0.3, 0.4) is 0 Å². The molecule has 15 heavy (non-hydrogen) atoms. The fourth-order valence-electron chi connectivity index (χ4n) is 2.81. The van der Waals surface area contributed by atoms with Crippen molar-refractivity contribution in [3.05, 3.63) is 16.9 Å². The van der Waals surface area contributed by atoms with Gasteiger partial charge >= 0.3 is 0 Å². The number of thiazole rings is 1. The lowest BCUT2D eigenvalue weighted by Crippen LogP contribution is -1.94. The summed E-state index contributed by atoms with van der Waals surface area (Å²) in [6, 6.07) is 0. The van der Waals surface area contributed by atoms with Gasteiger partial charge in [-0.1, -0.05) is 0 Å². The molecule has 1 fully saturated rings. The van der Waals surface area contributed by atoms with Crippen LogP contribution >= 0.6 is 11.3 Å². The van der Waals surface area contributed by atoms with Crippen molar-refractivity contribution in [3.8, 4) is 10.8 Å². The van der Waals surface area contributed by atoms with E-state index in [0.29, 0.717) is 0 Å². The second-order valence-corrected chi connectivity index (χ2v) is 5.34. The maximum Gasteiger partial charge on any atom is 0.184 e. The van der Waals surface area contributed by atoms with Gasteiger partial charge in [0.15, 0.2) is 10.8 Å². The molecular formula is C10H10N4S. The molecule has 2 bridgehead atoms. The van der Waals surface area contributed by atoms with Crippen molar-refractivity contribution < 1.29 is 0 Å². The molecule has 76 valence electrons. The molecule has 2 aliphatic carbocycles. The first kappa shape index (κ1) is 7.98. The molecule has 4 rings (SSSR count). The lowest BCUT2D eigenvalue weighted by molar-refractivity contribution is 0.709. The molecule has 4 nitrogen and oxygen atoms in total. The van der Waals surface area contributed by atoms with E-state index in [0.717, 1.165) is 22.7 Å². The van der Waals surface area contributed by atoms with Crippen LogP contribution in [0.5, 0.6) is 0 Å². The summed E-state index contributed by atoms with van der Waals surface area (Å²) < 4.78 is 0. The van der Waals surface area contributed by atoms with Gasteiger partial charge in [-0.15, -0.1) is 11.3 Å². The molecule has 0 saturated heterocycles. The Morgan fingerprint density at radius 3 is 3.07 bits per heavy atom. The molecule has 0 aromatic carbocycles. The highest BCUT2D eigenvalue weighted by Crippen LogP contribution is 2.55. The average Bonchev–Trinajstić information content (AvgIpc) is 3.02. The summed E-state index contributed by atoms with van der Waals surface area (Å²) in [6.07, 6.45) is 5.56. The smallest absolute Gasteiger partial charge is 0.184 e. The van der Waals surface area contributed by atoms with E-state index < -0.39 is 0 Å². The van der Waals surface area contributed by atoms with Crippen molar-refractivity contribution >= 4 is 11.3 Å². The van der Waals surface area contributed by atoms with Crippen LogP contribution in [0, 0.1) is 0 Å². The molecule has 2 aromatic heterocycles. The van der Waals surface area contributed by atoms with Crippen molar-refractivity contribution in [2.75, 3.05) is 0 Å². The molecule has 2 unspecified atom stereocenters. The topological polar surface area (TPSA) is 54.5 Å². The maximum atomic E-state index is 4.70. The Balaban J connectivity index is 1.86. The summed E-state index contributed by atoms with van der Waals surface area (Å²) >= 11 is 1.80. The number of nitrogens with zero attached hydrogens (tertiary/aromatic N) is 3. The Morgan fingerprint density at radius 1 is 1.33 bits per heavy atom. The monoisotopic (exact) mass is 218 g/mol. The van der Waals surface area contributed by atoms with Crippen LogP contribution in [-0.4, -0.2) is 20.2 Å². The molecule has 1 saturated carbocycles. The van der Waals surface area contributed by atoms with Gasteiger partial charge in [0.1, 0.15) is 6.33 Å². The lowest BCUT2D eigenvalue weighted by atomic mass is 10.0. The minimum Gasteiger partial charge on any atom is -0.257 e. The van der Waals surface area contributed by atoms with E-state index in [-0.39, 0.29) is 0 Å². The number of nitrogens with one attached hydrogen (secondary N) is 1. The Bertz CT molecular complexity index is 474. The average molecular weight is 218 g/mol. The first-order chi connectivity index (χ1) is 7.42. The molecule has 2 heterocycles. The summed E-state index contributed by atoms with van der Waals surface area (Å²) in [5.41, 5.74) is 1.35. The van der Waals surface area contributed by atoms with Crippen LogP contribution in [0.2, 0.25) is 0 Å². The summed E-state index contributed by atoms with van der Waals surface area (Å²) in [5.74, 6) is 2.34. The molecule has 2 aromatic rings. The molecule has 2 aliphatic rings. The minimum atomic E-state index is 0.734. The Hall–Kier alpha value is -1.23. The van der Waals surface area contributed by atoms with E-state index in [1.165, 1.54) is 36.2 Å². The van der Waals surface area contributed by atoms with Gasteiger partial charge in [0.2, 0.25) is 0 Å². The highest BCUT2D eigenvalue weighted by Gasteiger charge is 2.40. The second-order valence-electron chi connectivity index (χ2n) is 4.31. The van der Waals surface area contributed by atoms with Gasteiger partial charge in [-0.25, -0.2) is 9.97 Å². The zero-order valence-electron chi connectivity index (χ0n) is 8.10. The van der Waals surface area contributed by atoms with Crippen molar-refractivity contribution in [2.45, 2.75) is 31.1 Å². The molecule has 1 N–H and O–H groups in total. The summed E-state index contributed by atoms with van der Waals surface area (Å²) in [6.45, 7) is 0. The Kier molecular flexibility index (Phi) is 1.42. The number of fused-ring (bicyclic) bond motifs is 5. The molecular weight excluding hydrogens is 208 g/mol. The third-order valence-electron chi connectivity index (χ3n) is 3.49. The SMILES string of the molecule is c1n[nH]c(-c2nc3c(s2)C2CCC3C2)n1. The molecule has 0 radical (unpaired) electrons. The summed E-state index contributed by atoms with van der Waals surface area (Å²) in [7, 11) is 0. The zero-order valence-corrected chi connectivity index (χ0v) is 8.92. The van der Waals surface area contributed by atoms with Gasteiger partial charge in [-0.3, -0.25) is 5.10 Å². The number of hydrogen-bond donors (Lipinski definition) is 1. The molecule has 0 aliphatic heterocycles. The largest absolute Gasteiger partial charge is 0.257 e. The van der Waals surface area contributed by atoms with Crippen molar-refractivity contribution in [1.82, 2.24) is 20.2 Å². The predicted molar refractivity (Wildman–Crippen MR) is 56.8 cm³/mol. The van der Waals surface area contributed by atoms with Gasteiger partial charge in [0, 0.05) is 10.8 Å². The van der Waals surface area contributed by atoms with Crippen molar-refractivity contribution in [1.29, 1.82) is 0 Å². The van der Waals surface area contributed by atoms with Gasteiger partial charge in [0.25, 0.3) is 0 Å². The standard InChI is InChI=1S/C10H10N4S/c1-2-6-3-5(1)7-8(6)15-10(13-7)9-11-4-12-14-9/h4-6H,1-3H2,(H,11,12,14). The lowest BCUT2D eigenvalue weighted by Gasteiger charge is -2.06. The molecule has 0 amide bonds. The first-order valence-electron chi connectivity index (χ1n) is 5.28. The Labute approximate surface area is 90.8 Å². The zero-order chi connectivity index (χ0) is 9.83. The van der Waals surface area contributed by atoms with E-state index in [1.54, 1.807) is 11.3 Å². The van der Waals surface area contributed by atoms with Crippen molar-refractivity contribution in [3.63, 3.8) is 0 Å². The first-order valence-corrected chi connectivity index (χ1v) is 6.10. The molecule has 2 atom stereocenters. The van der Waals surface area contributed by atoms with Gasteiger partial charge in [0.05, 0.1) is 5.69 Å². The van der Waals surface area contributed by atoms with Crippen LogP contribution in [-0.2, 0) is 0 Å². The van der Waals surface area contributed by atoms with Gasteiger partial charge in [-0.2, -0.15) is 5.10 Å². The highest BCUT2D eigenvalue weighted by atomic mass is 32.1. The van der Waals surface area contributed by atoms with Crippen LogP contribution in [0.15, 0.2) is 6.33 Å². The highest BCUT2D eigenvalue weighted by molar-refractivity contribution is 7.15. The number of H-pyrrole nitrogens is 1. The van der Waals surface area contributed by atoms with Crippen LogP contribution in [0.25, 0.3) is 10.8 Å².